The fourth-order valence-corrected chi connectivity index (χ4v) is 1.25. The van der Waals surface area contributed by atoms with Crippen LogP contribution in [0.4, 0.5) is 11.6 Å². The molecule has 0 aromatic carbocycles. The van der Waals surface area contributed by atoms with Crippen LogP contribution in [0.25, 0.3) is 0 Å². The van der Waals surface area contributed by atoms with E-state index in [2.05, 4.69) is 15.3 Å². The van der Waals surface area contributed by atoms with Gasteiger partial charge in [-0.2, -0.15) is 0 Å². The number of aliphatic hydroxyl groups is 1. The Morgan fingerprint density at radius 1 is 1.33 bits per heavy atom. The molecule has 0 saturated carbocycles. The number of nitrogens with two attached hydrogens (primary N) is 1. The summed E-state index contributed by atoms with van der Waals surface area (Å²) in [5.74, 6) is 1.44. The smallest absolute Gasteiger partial charge is 0.158 e. The number of nitrogen functional groups attached to an aromatic ring is 1. The van der Waals surface area contributed by atoms with E-state index in [-0.39, 0.29) is 0 Å². The van der Waals surface area contributed by atoms with Crippen LogP contribution in [0.2, 0.25) is 0 Å². The van der Waals surface area contributed by atoms with E-state index in [1.54, 1.807) is 27.0 Å². The van der Waals surface area contributed by atoms with Crippen molar-refractivity contribution in [1.82, 2.24) is 9.97 Å². The first-order chi connectivity index (χ1) is 8.15. The van der Waals surface area contributed by atoms with Crippen LogP contribution in [-0.2, 0) is 11.3 Å². The second-order valence-electron chi connectivity index (χ2n) is 5.34. The van der Waals surface area contributed by atoms with Gasteiger partial charge in [0, 0.05) is 13.2 Å². The van der Waals surface area contributed by atoms with Crippen molar-refractivity contribution in [2.75, 3.05) is 18.2 Å². The monoisotopic (exact) mass is 254 g/mol. The summed E-state index contributed by atoms with van der Waals surface area (Å²) < 4.78 is 4.98. The summed E-state index contributed by atoms with van der Waals surface area (Å²) in [6.07, 6.45) is 0. The van der Waals surface area contributed by atoms with E-state index in [1.807, 2.05) is 13.8 Å². The second-order valence-corrected chi connectivity index (χ2v) is 5.34. The van der Waals surface area contributed by atoms with Crippen LogP contribution in [0.1, 0.15) is 33.5 Å². The normalized spacial score (nSPS) is 12.6. The molecule has 18 heavy (non-hydrogen) atoms. The van der Waals surface area contributed by atoms with Crippen LogP contribution in [0, 0.1) is 0 Å². The third-order valence-electron chi connectivity index (χ3n) is 3.04. The number of ether oxygens (including phenoxy) is 1. The maximum Gasteiger partial charge on any atom is 0.158 e. The molecular weight excluding hydrogens is 232 g/mol. The highest BCUT2D eigenvalue weighted by atomic mass is 16.5. The van der Waals surface area contributed by atoms with Gasteiger partial charge in [0.15, 0.2) is 5.82 Å². The lowest BCUT2D eigenvalue weighted by Crippen LogP contribution is -2.51. The molecule has 0 aliphatic heterocycles. The second kappa shape index (κ2) is 5.07. The number of nitrogens with zero attached hydrogens (tertiary/aromatic N) is 2. The average molecular weight is 254 g/mol. The number of methoxy groups -OCH3 is 1. The number of aromatic nitrogens is 2. The maximum absolute atomic E-state index is 10.1. The average Bonchev–Trinajstić information content (AvgIpc) is 2.13. The number of hydrogen-bond donors (Lipinski definition) is 3. The third kappa shape index (κ3) is 3.54. The molecule has 6 heteroatoms. The highest BCUT2D eigenvalue weighted by molar-refractivity contribution is 5.46. The number of rotatable bonds is 5. The summed E-state index contributed by atoms with van der Waals surface area (Å²) in [6, 6.07) is 1.63. The molecule has 0 atom stereocenters. The van der Waals surface area contributed by atoms with Crippen molar-refractivity contribution in [3.63, 3.8) is 0 Å². The van der Waals surface area contributed by atoms with Gasteiger partial charge in [0.1, 0.15) is 18.2 Å². The highest BCUT2D eigenvalue weighted by Crippen LogP contribution is 2.25. The molecule has 1 rings (SSSR count). The Morgan fingerprint density at radius 3 is 2.44 bits per heavy atom. The Bertz CT molecular complexity index is 413. The molecule has 6 nitrogen and oxygen atoms in total. The fourth-order valence-electron chi connectivity index (χ4n) is 1.25. The summed E-state index contributed by atoms with van der Waals surface area (Å²) in [4.78, 5) is 8.34. The molecule has 0 bridgehead atoms. The zero-order chi connectivity index (χ0) is 14.0. The minimum Gasteiger partial charge on any atom is -0.388 e. The van der Waals surface area contributed by atoms with Gasteiger partial charge in [-0.3, -0.25) is 0 Å². The number of anilines is 2. The molecular formula is C12H22N4O2. The summed E-state index contributed by atoms with van der Waals surface area (Å²) in [5, 5.41) is 13.2. The molecule has 0 unspecified atom stereocenters. The first-order valence-corrected chi connectivity index (χ1v) is 5.78. The Morgan fingerprint density at radius 2 is 1.94 bits per heavy atom. The SMILES string of the molecule is COCc1nc(N)cc(NC(C)(C)C(C)(C)O)n1. The van der Waals surface area contributed by atoms with Gasteiger partial charge in [-0.1, -0.05) is 0 Å². The van der Waals surface area contributed by atoms with Crippen LogP contribution < -0.4 is 11.1 Å². The lowest BCUT2D eigenvalue weighted by atomic mass is 9.86. The van der Waals surface area contributed by atoms with E-state index in [9.17, 15) is 5.11 Å². The summed E-state index contributed by atoms with van der Waals surface area (Å²) in [5.41, 5.74) is 4.24. The third-order valence-corrected chi connectivity index (χ3v) is 3.04. The Balaban J connectivity index is 2.97. The van der Waals surface area contributed by atoms with Crippen LogP contribution in [-0.4, -0.2) is 33.3 Å². The molecule has 4 N–H and O–H groups in total. The highest BCUT2D eigenvalue weighted by Gasteiger charge is 2.35. The molecule has 0 aliphatic carbocycles. The topological polar surface area (TPSA) is 93.3 Å². The van der Waals surface area contributed by atoms with E-state index in [0.29, 0.717) is 24.1 Å². The zero-order valence-corrected chi connectivity index (χ0v) is 11.6. The lowest BCUT2D eigenvalue weighted by Gasteiger charge is -2.38. The Kier molecular flexibility index (Phi) is 4.13. The van der Waals surface area contributed by atoms with Gasteiger partial charge in [0.05, 0.1) is 11.1 Å². The molecule has 0 fully saturated rings. The van der Waals surface area contributed by atoms with Crippen molar-refractivity contribution in [2.45, 2.75) is 45.4 Å². The quantitative estimate of drug-likeness (QED) is 0.730. The molecule has 1 aromatic rings. The number of nitrogens with one attached hydrogen (secondary N) is 1. The largest absolute Gasteiger partial charge is 0.388 e. The standard InChI is InChI=1S/C12H22N4O2/c1-11(2,12(3,4)17)16-9-6-8(13)14-10(15-9)7-18-5/h6,17H,7H2,1-5H3,(H3,13,14,15,16). The molecule has 0 radical (unpaired) electrons. The number of hydrogen-bond acceptors (Lipinski definition) is 6. The van der Waals surface area contributed by atoms with Crippen LogP contribution in [0.5, 0.6) is 0 Å². The summed E-state index contributed by atoms with van der Waals surface area (Å²) >= 11 is 0. The van der Waals surface area contributed by atoms with Gasteiger partial charge in [-0.25, -0.2) is 9.97 Å². The Hall–Kier alpha value is -1.40. The molecule has 1 aromatic heterocycles. The van der Waals surface area contributed by atoms with Crippen molar-refractivity contribution in [3.8, 4) is 0 Å². The van der Waals surface area contributed by atoms with E-state index < -0.39 is 11.1 Å². The van der Waals surface area contributed by atoms with E-state index >= 15 is 0 Å². The van der Waals surface area contributed by atoms with Gasteiger partial charge >= 0.3 is 0 Å². The molecule has 0 aliphatic rings. The van der Waals surface area contributed by atoms with Crippen molar-refractivity contribution in [1.29, 1.82) is 0 Å². The predicted molar refractivity (Wildman–Crippen MR) is 71.2 cm³/mol. The van der Waals surface area contributed by atoms with Crippen molar-refractivity contribution in [3.05, 3.63) is 11.9 Å². The molecule has 1 heterocycles. The van der Waals surface area contributed by atoms with Crippen LogP contribution in [0.3, 0.4) is 0 Å². The van der Waals surface area contributed by atoms with Crippen LogP contribution >= 0.6 is 0 Å². The first kappa shape index (κ1) is 14.7. The molecule has 0 saturated heterocycles. The van der Waals surface area contributed by atoms with Gasteiger partial charge in [0.25, 0.3) is 0 Å². The lowest BCUT2D eigenvalue weighted by molar-refractivity contribution is 0.0238. The van der Waals surface area contributed by atoms with E-state index in [1.165, 1.54) is 0 Å². The van der Waals surface area contributed by atoms with Gasteiger partial charge in [0.2, 0.25) is 0 Å². The van der Waals surface area contributed by atoms with Crippen molar-refractivity contribution >= 4 is 11.6 Å². The summed E-state index contributed by atoms with van der Waals surface area (Å²) in [6.45, 7) is 7.55. The molecule has 102 valence electrons. The zero-order valence-electron chi connectivity index (χ0n) is 11.6. The van der Waals surface area contributed by atoms with Gasteiger partial charge < -0.3 is 20.9 Å². The molecule has 0 spiro atoms. The maximum atomic E-state index is 10.1. The fraction of sp³-hybridized carbons (Fsp3) is 0.667. The van der Waals surface area contributed by atoms with Crippen molar-refractivity contribution < 1.29 is 9.84 Å². The predicted octanol–water partition coefficient (Wildman–Crippen LogP) is 1.17. The van der Waals surface area contributed by atoms with Gasteiger partial charge in [-0.05, 0) is 27.7 Å². The van der Waals surface area contributed by atoms with E-state index in [0.717, 1.165) is 0 Å². The minimum absolute atomic E-state index is 0.294. The van der Waals surface area contributed by atoms with Crippen molar-refractivity contribution in [2.24, 2.45) is 0 Å². The summed E-state index contributed by atoms with van der Waals surface area (Å²) in [7, 11) is 1.57. The van der Waals surface area contributed by atoms with Gasteiger partial charge in [-0.15, -0.1) is 0 Å². The van der Waals surface area contributed by atoms with Crippen LogP contribution in [0.15, 0.2) is 6.07 Å². The van der Waals surface area contributed by atoms with E-state index in [4.69, 9.17) is 10.5 Å². The minimum atomic E-state index is -0.909. The Labute approximate surface area is 108 Å². The molecule has 0 amide bonds. The first-order valence-electron chi connectivity index (χ1n) is 5.78.